The van der Waals surface area contributed by atoms with Gasteiger partial charge in [-0.05, 0) is 32.4 Å². The highest BCUT2D eigenvalue weighted by Gasteiger charge is 2.26. The van der Waals surface area contributed by atoms with Crippen molar-refractivity contribution in [3.8, 4) is 0 Å². The number of likely N-dealkylation sites (N-methyl/N-ethyl adjacent to an activating group) is 1. The maximum absolute atomic E-state index is 12.6. The minimum atomic E-state index is 0.207. The van der Waals surface area contributed by atoms with Gasteiger partial charge >= 0.3 is 0 Å². The molecule has 1 aromatic carbocycles. The van der Waals surface area contributed by atoms with Crippen LogP contribution in [0.4, 0.5) is 0 Å². The summed E-state index contributed by atoms with van der Waals surface area (Å²) in [6.45, 7) is 4.61. The topological polar surface area (TPSA) is 36.4 Å². The molecule has 1 aliphatic heterocycles. The van der Waals surface area contributed by atoms with Gasteiger partial charge in [0.2, 0.25) is 5.91 Å². The summed E-state index contributed by atoms with van der Waals surface area (Å²) in [5.74, 6) is 0.207. The maximum atomic E-state index is 12.6. The van der Waals surface area contributed by atoms with Gasteiger partial charge in [-0.1, -0.05) is 30.3 Å². The number of aryl methyl sites for hydroxylation is 1. The highest BCUT2D eigenvalue weighted by molar-refractivity contribution is 7.09. The zero-order valence-electron chi connectivity index (χ0n) is 14.4. The summed E-state index contributed by atoms with van der Waals surface area (Å²) in [6, 6.07) is 11.0. The minimum Gasteiger partial charge on any atom is -0.341 e. The lowest BCUT2D eigenvalue weighted by atomic mass is 10.0. The van der Waals surface area contributed by atoms with E-state index in [-0.39, 0.29) is 5.91 Å². The summed E-state index contributed by atoms with van der Waals surface area (Å²) in [5, 5.41) is 3.02. The Hall–Kier alpha value is -1.72. The molecule has 0 saturated carbocycles. The summed E-state index contributed by atoms with van der Waals surface area (Å²) in [6.07, 6.45) is 2.66. The van der Waals surface area contributed by atoms with Gasteiger partial charge in [-0.2, -0.15) is 0 Å². The van der Waals surface area contributed by atoms with E-state index < -0.39 is 0 Å². The lowest BCUT2D eigenvalue weighted by Crippen LogP contribution is -2.48. The third-order valence-corrected chi connectivity index (χ3v) is 5.47. The first kappa shape index (κ1) is 17.1. The van der Waals surface area contributed by atoms with E-state index in [1.807, 2.05) is 23.3 Å². The van der Waals surface area contributed by atoms with Gasteiger partial charge in [0.05, 0.1) is 17.1 Å². The number of nitrogens with zero attached hydrogens (tertiary/aromatic N) is 3. The third kappa shape index (κ3) is 4.42. The molecule has 2 aromatic rings. The van der Waals surface area contributed by atoms with Gasteiger partial charge in [0, 0.05) is 31.1 Å². The molecule has 3 rings (SSSR count). The van der Waals surface area contributed by atoms with Crippen molar-refractivity contribution < 1.29 is 4.79 Å². The quantitative estimate of drug-likeness (QED) is 0.837. The Kier molecular flexibility index (Phi) is 5.63. The zero-order chi connectivity index (χ0) is 16.9. The number of amides is 1. The number of rotatable bonds is 5. The maximum Gasteiger partial charge on any atom is 0.228 e. The van der Waals surface area contributed by atoms with Crippen molar-refractivity contribution in [2.45, 2.75) is 38.8 Å². The van der Waals surface area contributed by atoms with E-state index in [0.717, 1.165) is 43.2 Å². The van der Waals surface area contributed by atoms with Crippen molar-refractivity contribution >= 4 is 17.2 Å². The molecule has 1 aromatic heterocycles. The lowest BCUT2D eigenvalue weighted by molar-refractivity contribution is -0.132. The van der Waals surface area contributed by atoms with Gasteiger partial charge in [0.1, 0.15) is 0 Å². The minimum absolute atomic E-state index is 0.207. The molecule has 24 heavy (non-hydrogen) atoms. The van der Waals surface area contributed by atoms with E-state index in [1.165, 1.54) is 5.56 Å². The van der Waals surface area contributed by atoms with Crippen molar-refractivity contribution in [2.24, 2.45) is 0 Å². The van der Waals surface area contributed by atoms with Crippen molar-refractivity contribution in [3.63, 3.8) is 0 Å². The van der Waals surface area contributed by atoms with Crippen molar-refractivity contribution in [1.82, 2.24) is 14.8 Å². The monoisotopic (exact) mass is 343 g/mol. The predicted molar refractivity (Wildman–Crippen MR) is 98.1 cm³/mol. The standard InChI is InChI=1S/C19H25N3OS/c1-15-20-17(14-24-15)11-19(23)22-10-6-9-18(13-22)21(2)12-16-7-4-3-5-8-16/h3-5,7-8,14,18H,6,9-13H2,1-2H3/t18-/m0/s1. The van der Waals surface area contributed by atoms with Crippen LogP contribution in [0.3, 0.4) is 0 Å². The molecule has 0 radical (unpaired) electrons. The van der Waals surface area contributed by atoms with Crippen molar-refractivity contribution in [1.29, 1.82) is 0 Å². The van der Waals surface area contributed by atoms with Gasteiger partial charge < -0.3 is 4.90 Å². The summed E-state index contributed by atoms with van der Waals surface area (Å²) in [7, 11) is 2.16. The van der Waals surface area contributed by atoms with Gasteiger partial charge in [0.15, 0.2) is 0 Å². The Morgan fingerprint density at radius 1 is 1.38 bits per heavy atom. The van der Waals surface area contributed by atoms with Crippen LogP contribution in [0.2, 0.25) is 0 Å². The number of likely N-dealkylation sites (tertiary alicyclic amines) is 1. The predicted octanol–water partition coefficient (Wildman–Crippen LogP) is 3.12. The lowest BCUT2D eigenvalue weighted by Gasteiger charge is -2.37. The molecular formula is C19H25N3OS. The number of hydrogen-bond donors (Lipinski definition) is 0. The summed E-state index contributed by atoms with van der Waals surface area (Å²) >= 11 is 1.61. The Morgan fingerprint density at radius 3 is 2.88 bits per heavy atom. The van der Waals surface area contributed by atoms with E-state index in [9.17, 15) is 4.79 Å². The number of hydrogen-bond acceptors (Lipinski definition) is 4. The summed E-state index contributed by atoms with van der Waals surface area (Å²) in [5.41, 5.74) is 2.23. The third-order valence-electron chi connectivity index (χ3n) is 4.65. The van der Waals surface area contributed by atoms with Crippen molar-refractivity contribution in [3.05, 3.63) is 52.0 Å². The average Bonchev–Trinajstić information content (AvgIpc) is 3.00. The molecule has 0 aliphatic carbocycles. The van der Waals surface area contributed by atoms with Crippen LogP contribution in [-0.4, -0.2) is 46.9 Å². The SMILES string of the molecule is Cc1nc(CC(=O)N2CCC[C@H](N(C)Cc3ccccc3)C2)cs1. The molecule has 1 atom stereocenters. The van der Waals surface area contributed by atoms with Gasteiger partial charge in [-0.15, -0.1) is 11.3 Å². The molecule has 1 aliphatic rings. The van der Waals surface area contributed by atoms with E-state index in [4.69, 9.17) is 0 Å². The first-order chi connectivity index (χ1) is 11.6. The van der Waals surface area contributed by atoms with E-state index in [1.54, 1.807) is 11.3 Å². The molecule has 5 heteroatoms. The normalized spacial score (nSPS) is 18.1. The molecule has 0 unspecified atom stereocenters. The van der Waals surface area contributed by atoms with Crippen LogP contribution in [0.5, 0.6) is 0 Å². The molecule has 1 fully saturated rings. The fourth-order valence-electron chi connectivity index (χ4n) is 3.30. The van der Waals surface area contributed by atoms with Crippen molar-refractivity contribution in [2.75, 3.05) is 20.1 Å². The van der Waals surface area contributed by atoms with Gasteiger partial charge in [-0.25, -0.2) is 4.98 Å². The van der Waals surface area contributed by atoms with Crippen LogP contribution >= 0.6 is 11.3 Å². The van der Waals surface area contributed by atoms with Crippen LogP contribution in [0.25, 0.3) is 0 Å². The number of aromatic nitrogens is 1. The molecule has 0 spiro atoms. The molecule has 2 heterocycles. The molecule has 0 bridgehead atoms. The second-order valence-electron chi connectivity index (χ2n) is 6.57. The fourth-order valence-corrected chi connectivity index (χ4v) is 3.91. The first-order valence-electron chi connectivity index (χ1n) is 8.55. The molecule has 4 nitrogen and oxygen atoms in total. The number of benzene rings is 1. The largest absolute Gasteiger partial charge is 0.341 e. The van der Waals surface area contributed by atoms with Gasteiger partial charge in [0.25, 0.3) is 0 Å². The van der Waals surface area contributed by atoms with E-state index in [2.05, 4.69) is 41.2 Å². The molecule has 1 amide bonds. The number of piperidine rings is 1. The van der Waals surface area contributed by atoms with E-state index in [0.29, 0.717) is 12.5 Å². The average molecular weight is 343 g/mol. The number of carbonyl (C=O) groups is 1. The second-order valence-corrected chi connectivity index (χ2v) is 7.63. The Morgan fingerprint density at radius 2 is 2.17 bits per heavy atom. The van der Waals surface area contributed by atoms with E-state index >= 15 is 0 Å². The van der Waals surface area contributed by atoms with Crippen LogP contribution in [0.1, 0.15) is 29.1 Å². The summed E-state index contributed by atoms with van der Waals surface area (Å²) in [4.78, 5) is 21.4. The Bertz CT molecular complexity index is 670. The molecule has 1 saturated heterocycles. The highest BCUT2D eigenvalue weighted by atomic mass is 32.1. The number of thiazole rings is 1. The zero-order valence-corrected chi connectivity index (χ0v) is 15.3. The highest BCUT2D eigenvalue weighted by Crippen LogP contribution is 2.18. The second kappa shape index (κ2) is 7.90. The van der Waals surface area contributed by atoms with Gasteiger partial charge in [-0.3, -0.25) is 9.69 Å². The fraction of sp³-hybridized carbons (Fsp3) is 0.474. The van der Waals surface area contributed by atoms with Crippen LogP contribution < -0.4 is 0 Å². The van der Waals surface area contributed by atoms with Crippen LogP contribution in [0, 0.1) is 6.92 Å². The molecule has 128 valence electrons. The molecular weight excluding hydrogens is 318 g/mol. The Balaban J connectivity index is 1.56. The smallest absolute Gasteiger partial charge is 0.228 e. The van der Waals surface area contributed by atoms with Crippen LogP contribution in [0.15, 0.2) is 35.7 Å². The molecule has 0 N–H and O–H groups in total. The van der Waals surface area contributed by atoms with Crippen LogP contribution in [-0.2, 0) is 17.8 Å². The number of carbonyl (C=O) groups excluding carboxylic acids is 1. The summed E-state index contributed by atoms with van der Waals surface area (Å²) < 4.78 is 0. The Labute approximate surface area is 148 Å². The first-order valence-corrected chi connectivity index (χ1v) is 9.43.